The van der Waals surface area contributed by atoms with E-state index < -0.39 is 5.41 Å². The van der Waals surface area contributed by atoms with Gasteiger partial charge in [0, 0.05) is 0 Å². The molecule has 0 aromatic heterocycles. The van der Waals surface area contributed by atoms with E-state index in [1.807, 2.05) is 50.2 Å². The fraction of sp³-hybridized carbons (Fsp3) is 0.304. The van der Waals surface area contributed by atoms with E-state index in [4.69, 9.17) is 4.74 Å². The fourth-order valence-electron chi connectivity index (χ4n) is 5.01. The molecule has 4 atom stereocenters. The number of ether oxygens (including phenoxy) is 1. The lowest BCUT2D eigenvalue weighted by molar-refractivity contribution is -0.127. The molecule has 136 valence electrons. The molecule has 5 rings (SSSR count). The number of carbonyl (C=O) groups excluding carboxylic acids is 2. The minimum atomic E-state index is -0.590. The van der Waals surface area contributed by atoms with Crippen LogP contribution in [0.2, 0.25) is 0 Å². The molecule has 4 nitrogen and oxygen atoms in total. The number of rotatable bonds is 3. The maximum Gasteiger partial charge on any atom is 0.241 e. The Hall–Kier alpha value is -2.88. The van der Waals surface area contributed by atoms with E-state index in [1.165, 1.54) is 4.90 Å². The second-order valence-corrected chi connectivity index (χ2v) is 7.99. The van der Waals surface area contributed by atoms with Gasteiger partial charge in [-0.05, 0) is 68.0 Å². The number of amides is 2. The van der Waals surface area contributed by atoms with Crippen LogP contribution in [0.15, 0.2) is 60.7 Å². The molecule has 0 radical (unpaired) electrons. The van der Waals surface area contributed by atoms with E-state index in [0.717, 1.165) is 17.7 Å². The molecule has 3 aliphatic rings. The Kier molecular flexibility index (Phi) is 3.36. The second-order valence-electron chi connectivity index (χ2n) is 7.99. The predicted octanol–water partition coefficient (Wildman–Crippen LogP) is 4.49. The first-order valence-corrected chi connectivity index (χ1v) is 9.40. The van der Waals surface area contributed by atoms with E-state index in [9.17, 15) is 9.59 Å². The standard InChI is InChI=1S/C23H21NO3/c1-14-5-3-4-6-19(14)27-18-11-9-17(10-12-18)24-21(25)20-15-7-8-16(13-15)23(20,2)22(24)26/h3-12,15-16,20H,13H2,1-2H3/t15-,16-,20-,23+/m1/s1. The third kappa shape index (κ3) is 2.16. The maximum atomic E-state index is 13.2. The Labute approximate surface area is 158 Å². The molecule has 1 heterocycles. The summed E-state index contributed by atoms with van der Waals surface area (Å²) < 4.78 is 5.92. The summed E-state index contributed by atoms with van der Waals surface area (Å²) in [6.07, 6.45) is 5.16. The number of anilines is 1. The number of fused-ring (bicyclic) bond motifs is 5. The van der Waals surface area contributed by atoms with Crippen molar-refractivity contribution in [3.8, 4) is 11.5 Å². The number of nitrogens with zero attached hydrogens (tertiary/aromatic N) is 1. The highest BCUT2D eigenvalue weighted by atomic mass is 16.5. The van der Waals surface area contributed by atoms with Crippen molar-refractivity contribution in [3.05, 3.63) is 66.2 Å². The lowest BCUT2D eigenvalue weighted by atomic mass is 9.71. The highest BCUT2D eigenvalue weighted by molar-refractivity contribution is 6.24. The summed E-state index contributed by atoms with van der Waals surface area (Å²) >= 11 is 0. The molecule has 0 N–H and O–H groups in total. The Morgan fingerprint density at radius 1 is 1.04 bits per heavy atom. The monoisotopic (exact) mass is 359 g/mol. The van der Waals surface area contributed by atoms with Gasteiger partial charge in [0.1, 0.15) is 11.5 Å². The normalized spacial score (nSPS) is 30.9. The number of benzene rings is 2. The molecule has 2 aliphatic carbocycles. The van der Waals surface area contributed by atoms with Gasteiger partial charge in [-0.2, -0.15) is 0 Å². The topological polar surface area (TPSA) is 46.6 Å². The van der Waals surface area contributed by atoms with Crippen LogP contribution in [0, 0.1) is 30.1 Å². The van der Waals surface area contributed by atoms with Gasteiger partial charge in [0.25, 0.3) is 0 Å². The summed E-state index contributed by atoms with van der Waals surface area (Å²) in [6.45, 7) is 3.95. The third-order valence-electron chi connectivity index (χ3n) is 6.53. The molecule has 1 saturated carbocycles. The molecule has 2 fully saturated rings. The summed E-state index contributed by atoms with van der Waals surface area (Å²) in [5.74, 6) is 1.50. The van der Waals surface area contributed by atoms with Crippen LogP contribution in [0.4, 0.5) is 5.69 Å². The minimum Gasteiger partial charge on any atom is -0.457 e. The molecule has 2 bridgehead atoms. The van der Waals surface area contributed by atoms with E-state index in [-0.39, 0.29) is 29.6 Å². The molecule has 2 aromatic rings. The molecule has 1 aliphatic heterocycles. The van der Waals surface area contributed by atoms with E-state index in [2.05, 4.69) is 12.2 Å². The lowest BCUT2D eigenvalue weighted by Gasteiger charge is -2.28. The molecule has 4 heteroatoms. The van der Waals surface area contributed by atoms with Gasteiger partial charge in [-0.1, -0.05) is 30.4 Å². The van der Waals surface area contributed by atoms with Crippen molar-refractivity contribution in [3.63, 3.8) is 0 Å². The van der Waals surface area contributed by atoms with Crippen molar-refractivity contribution in [1.29, 1.82) is 0 Å². The highest BCUT2D eigenvalue weighted by Crippen LogP contribution is 2.60. The van der Waals surface area contributed by atoms with Crippen LogP contribution in [0.5, 0.6) is 11.5 Å². The van der Waals surface area contributed by atoms with Gasteiger partial charge in [0.15, 0.2) is 0 Å². The van der Waals surface area contributed by atoms with Gasteiger partial charge in [-0.15, -0.1) is 0 Å². The number of para-hydroxylation sites is 1. The fourth-order valence-corrected chi connectivity index (χ4v) is 5.01. The average molecular weight is 359 g/mol. The Bertz CT molecular complexity index is 977. The quantitative estimate of drug-likeness (QED) is 0.599. The largest absolute Gasteiger partial charge is 0.457 e. The summed E-state index contributed by atoms with van der Waals surface area (Å²) in [4.78, 5) is 27.6. The molecule has 2 aromatic carbocycles. The smallest absolute Gasteiger partial charge is 0.241 e. The second kappa shape index (κ2) is 5.56. The molecule has 1 saturated heterocycles. The molecular formula is C23H21NO3. The van der Waals surface area contributed by atoms with Gasteiger partial charge in [-0.3, -0.25) is 9.59 Å². The summed E-state index contributed by atoms with van der Waals surface area (Å²) in [7, 11) is 0. The maximum absolute atomic E-state index is 13.2. The van der Waals surface area contributed by atoms with Crippen molar-refractivity contribution < 1.29 is 14.3 Å². The van der Waals surface area contributed by atoms with Gasteiger partial charge < -0.3 is 4.74 Å². The van der Waals surface area contributed by atoms with Crippen LogP contribution in [0.1, 0.15) is 18.9 Å². The summed E-state index contributed by atoms with van der Waals surface area (Å²) in [5.41, 5.74) is 1.08. The summed E-state index contributed by atoms with van der Waals surface area (Å²) in [6, 6.07) is 15.0. The minimum absolute atomic E-state index is 0.0630. The predicted molar refractivity (Wildman–Crippen MR) is 103 cm³/mol. The Morgan fingerprint density at radius 3 is 2.48 bits per heavy atom. The number of hydrogen-bond acceptors (Lipinski definition) is 3. The zero-order valence-electron chi connectivity index (χ0n) is 15.4. The highest BCUT2D eigenvalue weighted by Gasteiger charge is 2.67. The molecule has 0 spiro atoms. The van der Waals surface area contributed by atoms with Gasteiger partial charge in [-0.25, -0.2) is 4.90 Å². The molecular weight excluding hydrogens is 338 g/mol. The first kappa shape index (κ1) is 16.3. The van der Waals surface area contributed by atoms with Crippen LogP contribution in [0.3, 0.4) is 0 Å². The lowest BCUT2D eigenvalue weighted by Crippen LogP contribution is -2.37. The van der Waals surface area contributed by atoms with E-state index in [1.54, 1.807) is 12.1 Å². The van der Waals surface area contributed by atoms with Gasteiger partial charge >= 0.3 is 0 Å². The van der Waals surface area contributed by atoms with Gasteiger partial charge in [0.2, 0.25) is 11.8 Å². The van der Waals surface area contributed by atoms with Crippen molar-refractivity contribution in [2.45, 2.75) is 20.3 Å². The number of carbonyl (C=O) groups is 2. The SMILES string of the molecule is Cc1ccccc1Oc1ccc(N2C(=O)[C@H]3[C@@H]4C=C[C@H](C4)[C@]3(C)C2=O)cc1. The van der Waals surface area contributed by atoms with Crippen molar-refractivity contribution in [2.24, 2.45) is 23.2 Å². The zero-order valence-corrected chi connectivity index (χ0v) is 15.4. The Balaban J connectivity index is 1.42. The number of imide groups is 1. The van der Waals surface area contributed by atoms with Crippen LogP contribution >= 0.6 is 0 Å². The van der Waals surface area contributed by atoms with E-state index >= 15 is 0 Å². The number of hydrogen-bond donors (Lipinski definition) is 0. The van der Waals surface area contributed by atoms with Crippen molar-refractivity contribution in [1.82, 2.24) is 0 Å². The van der Waals surface area contributed by atoms with Crippen LogP contribution < -0.4 is 9.64 Å². The first-order valence-electron chi connectivity index (χ1n) is 9.40. The van der Waals surface area contributed by atoms with Crippen LogP contribution in [-0.2, 0) is 9.59 Å². The first-order chi connectivity index (χ1) is 13.0. The third-order valence-corrected chi connectivity index (χ3v) is 6.53. The average Bonchev–Trinajstić information content (AvgIpc) is 3.30. The zero-order chi connectivity index (χ0) is 18.8. The van der Waals surface area contributed by atoms with E-state index in [0.29, 0.717) is 11.4 Å². The summed E-state index contributed by atoms with van der Waals surface area (Å²) in [5, 5.41) is 0. The molecule has 2 amide bonds. The number of allylic oxidation sites excluding steroid dienone is 2. The van der Waals surface area contributed by atoms with Crippen molar-refractivity contribution in [2.75, 3.05) is 4.90 Å². The van der Waals surface area contributed by atoms with Crippen molar-refractivity contribution >= 4 is 17.5 Å². The van der Waals surface area contributed by atoms with Crippen LogP contribution in [-0.4, -0.2) is 11.8 Å². The van der Waals surface area contributed by atoms with Gasteiger partial charge in [0.05, 0.1) is 17.0 Å². The molecule has 27 heavy (non-hydrogen) atoms. The van der Waals surface area contributed by atoms with Crippen LogP contribution in [0.25, 0.3) is 0 Å². The Morgan fingerprint density at radius 2 is 1.78 bits per heavy atom. The molecule has 0 unspecified atom stereocenters. The number of aryl methyl sites for hydroxylation is 1.